The molecular formula is C13H27F3O2. The van der Waals surface area contributed by atoms with Gasteiger partial charge in [0, 0.05) is 0 Å². The summed E-state index contributed by atoms with van der Waals surface area (Å²) >= 11 is 0. The Balaban J connectivity index is 0. The highest BCUT2D eigenvalue weighted by Gasteiger charge is 2.30. The van der Waals surface area contributed by atoms with E-state index in [2.05, 4.69) is 0 Å². The second-order valence-corrected chi connectivity index (χ2v) is 6.63. The Hall–Kier alpha value is -0.290. The normalized spacial score (nSPS) is 17.8. The minimum Gasteiger partial charge on any atom is -0.390 e. The number of aliphatic hydroxyl groups excluding tert-OH is 2. The highest BCUT2D eigenvalue weighted by Crippen LogP contribution is 2.23. The molecule has 0 spiro atoms. The lowest BCUT2D eigenvalue weighted by Gasteiger charge is -2.26. The molecule has 0 aromatic carbocycles. The van der Waals surface area contributed by atoms with Crippen LogP contribution in [0.25, 0.3) is 0 Å². The molecule has 18 heavy (non-hydrogen) atoms. The number of rotatable bonds is 2. The molecule has 0 rings (SSSR count). The molecule has 0 saturated heterocycles. The fourth-order valence-electron chi connectivity index (χ4n) is 1.07. The van der Waals surface area contributed by atoms with E-state index in [4.69, 9.17) is 10.2 Å². The van der Waals surface area contributed by atoms with Gasteiger partial charge in [0.05, 0.1) is 6.10 Å². The number of hydrogen-bond donors (Lipinski definition) is 2. The summed E-state index contributed by atoms with van der Waals surface area (Å²) in [4.78, 5) is 0. The second-order valence-electron chi connectivity index (χ2n) is 6.63. The van der Waals surface area contributed by atoms with Gasteiger partial charge in [-0.05, 0) is 17.8 Å². The van der Waals surface area contributed by atoms with E-state index in [1.165, 1.54) is 6.92 Å². The quantitative estimate of drug-likeness (QED) is 0.808. The van der Waals surface area contributed by atoms with E-state index in [1.54, 1.807) is 20.8 Å². The van der Waals surface area contributed by atoms with Gasteiger partial charge in [0.1, 0.15) is 12.3 Å². The largest absolute Gasteiger partial charge is 0.390 e. The minimum absolute atomic E-state index is 0.339. The van der Waals surface area contributed by atoms with Crippen molar-refractivity contribution in [1.82, 2.24) is 0 Å². The van der Waals surface area contributed by atoms with E-state index in [1.807, 2.05) is 20.8 Å². The Morgan fingerprint density at radius 1 is 0.722 bits per heavy atom. The van der Waals surface area contributed by atoms with Gasteiger partial charge >= 0.3 is 0 Å². The van der Waals surface area contributed by atoms with Crippen molar-refractivity contribution < 1.29 is 23.4 Å². The summed E-state index contributed by atoms with van der Waals surface area (Å²) in [5, 5.41) is 17.8. The van der Waals surface area contributed by atoms with Gasteiger partial charge in [-0.25, -0.2) is 13.2 Å². The molecule has 0 radical (unpaired) electrons. The lowest BCUT2D eigenvalue weighted by molar-refractivity contribution is -0.0636. The van der Waals surface area contributed by atoms with Crippen LogP contribution >= 0.6 is 0 Å². The topological polar surface area (TPSA) is 40.5 Å². The average Bonchev–Trinajstić information content (AvgIpc) is 2.13. The van der Waals surface area contributed by atoms with E-state index in [0.717, 1.165) is 0 Å². The number of alkyl halides is 3. The maximum absolute atomic E-state index is 12.3. The van der Waals surface area contributed by atoms with E-state index in [-0.39, 0.29) is 5.41 Å². The third kappa shape index (κ3) is 8.75. The Bertz CT molecular complexity index is 193. The Morgan fingerprint density at radius 2 is 1.00 bits per heavy atom. The second kappa shape index (κ2) is 7.34. The lowest BCUT2D eigenvalue weighted by Crippen LogP contribution is -2.33. The molecule has 0 heterocycles. The van der Waals surface area contributed by atoms with Crippen LogP contribution in [0.4, 0.5) is 13.2 Å². The van der Waals surface area contributed by atoms with Crippen molar-refractivity contribution in [3.05, 3.63) is 0 Å². The first-order chi connectivity index (χ1) is 7.71. The third-order valence-electron chi connectivity index (χ3n) is 2.45. The zero-order valence-corrected chi connectivity index (χ0v) is 12.3. The molecule has 3 atom stereocenters. The van der Waals surface area contributed by atoms with Crippen LogP contribution in [0.2, 0.25) is 0 Å². The molecule has 0 saturated carbocycles. The Morgan fingerprint density at radius 3 is 1.00 bits per heavy atom. The fourth-order valence-corrected chi connectivity index (χ4v) is 1.07. The molecular weight excluding hydrogens is 245 g/mol. The average molecular weight is 272 g/mol. The molecule has 2 nitrogen and oxygen atoms in total. The molecule has 0 bridgehead atoms. The van der Waals surface area contributed by atoms with E-state index in [9.17, 15) is 13.2 Å². The first kappa shape index (κ1) is 20.0. The smallest absolute Gasteiger partial charge is 0.264 e. The predicted molar refractivity (Wildman–Crippen MR) is 67.5 cm³/mol. The van der Waals surface area contributed by atoms with Crippen LogP contribution in [0.15, 0.2) is 0 Å². The fraction of sp³-hybridized carbons (Fsp3) is 1.00. The Labute approximate surface area is 108 Å². The summed E-state index contributed by atoms with van der Waals surface area (Å²) < 4.78 is 35.7. The molecule has 0 amide bonds. The van der Waals surface area contributed by atoms with Crippen LogP contribution < -0.4 is 0 Å². The molecule has 2 N–H and O–H groups in total. The van der Waals surface area contributed by atoms with Crippen LogP contribution in [0.3, 0.4) is 0 Å². The van der Waals surface area contributed by atoms with Gasteiger partial charge in [-0.15, -0.1) is 0 Å². The summed E-state index contributed by atoms with van der Waals surface area (Å²) in [6.45, 7) is 11.5. The number of hydrogen-bond acceptors (Lipinski definition) is 2. The lowest BCUT2D eigenvalue weighted by atomic mass is 9.87. The van der Waals surface area contributed by atoms with Crippen molar-refractivity contribution in [2.45, 2.75) is 73.3 Å². The number of halogens is 3. The van der Waals surface area contributed by atoms with E-state index in [0.29, 0.717) is 0 Å². The van der Waals surface area contributed by atoms with Crippen LogP contribution in [0, 0.1) is 10.8 Å². The van der Waals surface area contributed by atoms with Gasteiger partial charge in [-0.1, -0.05) is 41.5 Å². The van der Waals surface area contributed by atoms with Crippen molar-refractivity contribution in [1.29, 1.82) is 0 Å². The van der Waals surface area contributed by atoms with Gasteiger partial charge in [0.15, 0.2) is 0 Å². The first-order valence-electron chi connectivity index (χ1n) is 5.99. The molecule has 1 unspecified atom stereocenters. The predicted octanol–water partition coefficient (Wildman–Crippen LogP) is 3.41. The molecule has 0 aromatic rings. The van der Waals surface area contributed by atoms with Gasteiger partial charge in [0.2, 0.25) is 0 Å². The highest BCUT2D eigenvalue weighted by molar-refractivity contribution is 4.76. The molecule has 0 aromatic heterocycles. The summed E-state index contributed by atoms with van der Waals surface area (Å²) in [6, 6.07) is 0. The molecule has 112 valence electrons. The molecule has 0 aliphatic carbocycles. The third-order valence-corrected chi connectivity index (χ3v) is 2.45. The van der Waals surface area contributed by atoms with Crippen molar-refractivity contribution in [3.8, 4) is 0 Å². The van der Waals surface area contributed by atoms with Crippen molar-refractivity contribution in [2.24, 2.45) is 10.8 Å². The molecule has 0 aliphatic rings. The SMILES string of the molecule is CC(C)(C)[C@H](O)C(F)F.CC(F)[C@H](O)C(C)(C)C. The summed E-state index contributed by atoms with van der Waals surface area (Å²) in [5.74, 6) is 0. The minimum atomic E-state index is -2.63. The Kier molecular flexibility index (Phi) is 8.17. The highest BCUT2D eigenvalue weighted by atomic mass is 19.3. The monoisotopic (exact) mass is 272 g/mol. The zero-order chi connectivity index (χ0) is 15.3. The van der Waals surface area contributed by atoms with Crippen LogP contribution in [0.1, 0.15) is 48.5 Å². The number of aliphatic hydroxyl groups is 2. The van der Waals surface area contributed by atoms with Crippen LogP contribution in [0.5, 0.6) is 0 Å². The van der Waals surface area contributed by atoms with E-state index >= 15 is 0 Å². The van der Waals surface area contributed by atoms with Gasteiger partial charge < -0.3 is 10.2 Å². The molecule has 0 fully saturated rings. The standard InChI is InChI=1S/C7H15FO.C6H12F2O/c1-5(8)6(9)7(2,3)4;1-6(2,3)4(9)5(7)8/h5-6,9H,1-4H3;4-5,9H,1-3H3/t5?,6-;4-/m01/s1. The zero-order valence-electron chi connectivity index (χ0n) is 12.3. The molecule has 0 aliphatic heterocycles. The van der Waals surface area contributed by atoms with E-state index < -0.39 is 30.2 Å². The maximum Gasteiger partial charge on any atom is 0.264 e. The van der Waals surface area contributed by atoms with Crippen molar-refractivity contribution in [2.75, 3.05) is 0 Å². The van der Waals surface area contributed by atoms with Crippen molar-refractivity contribution in [3.63, 3.8) is 0 Å². The van der Waals surface area contributed by atoms with Crippen LogP contribution in [-0.4, -0.2) is 35.0 Å². The molecule has 5 heteroatoms. The summed E-state index contributed by atoms with van der Waals surface area (Å²) in [6.07, 6.45) is -6.13. The maximum atomic E-state index is 12.3. The van der Waals surface area contributed by atoms with Crippen molar-refractivity contribution >= 4 is 0 Å². The summed E-state index contributed by atoms with van der Waals surface area (Å²) in [7, 11) is 0. The van der Waals surface area contributed by atoms with Gasteiger partial charge in [-0.3, -0.25) is 0 Å². The van der Waals surface area contributed by atoms with Gasteiger partial charge in [-0.2, -0.15) is 0 Å². The van der Waals surface area contributed by atoms with Crippen LogP contribution in [-0.2, 0) is 0 Å². The first-order valence-corrected chi connectivity index (χ1v) is 5.99. The summed E-state index contributed by atoms with van der Waals surface area (Å²) in [5.41, 5.74) is -1.05. The van der Waals surface area contributed by atoms with Gasteiger partial charge in [0.25, 0.3) is 6.43 Å².